The highest BCUT2D eigenvalue weighted by molar-refractivity contribution is 9.10. The van der Waals surface area contributed by atoms with Gasteiger partial charge in [0.15, 0.2) is 5.43 Å². The molecule has 2 heterocycles. The Bertz CT molecular complexity index is 1110. The predicted octanol–water partition coefficient (Wildman–Crippen LogP) is 3.41. The number of aromatic hydroxyl groups is 2. The van der Waals surface area contributed by atoms with Gasteiger partial charge in [-0.25, -0.2) is 0 Å². The van der Waals surface area contributed by atoms with Crippen LogP contribution in [0.15, 0.2) is 50.1 Å². The Labute approximate surface area is 169 Å². The van der Waals surface area contributed by atoms with Gasteiger partial charge in [0.25, 0.3) is 0 Å². The lowest BCUT2D eigenvalue weighted by molar-refractivity contribution is 0.172. The highest BCUT2D eigenvalue weighted by Crippen LogP contribution is 2.44. The fourth-order valence-electron chi connectivity index (χ4n) is 4.09. The van der Waals surface area contributed by atoms with Gasteiger partial charge in [-0.15, -0.1) is 0 Å². The monoisotopic (exact) mass is 445 g/mol. The first-order valence-electron chi connectivity index (χ1n) is 9.01. The van der Waals surface area contributed by atoms with Gasteiger partial charge in [-0.2, -0.15) is 0 Å². The van der Waals surface area contributed by atoms with Crippen LogP contribution in [0, 0.1) is 0 Å². The molecule has 1 aliphatic rings. The van der Waals surface area contributed by atoms with E-state index in [0.717, 1.165) is 11.0 Å². The van der Waals surface area contributed by atoms with Crippen LogP contribution in [0.5, 0.6) is 11.5 Å². The van der Waals surface area contributed by atoms with Crippen molar-refractivity contribution in [1.82, 2.24) is 4.90 Å². The van der Waals surface area contributed by atoms with Crippen LogP contribution in [0.2, 0.25) is 0 Å². The molecule has 0 unspecified atom stereocenters. The van der Waals surface area contributed by atoms with Crippen LogP contribution in [0.25, 0.3) is 22.3 Å². The number of fused-ring (bicyclic) bond motifs is 1. The molecular weight excluding hydrogens is 426 g/mol. The molecular formula is C21H20BrNO5. The van der Waals surface area contributed by atoms with Gasteiger partial charge in [-0.3, -0.25) is 4.79 Å². The predicted molar refractivity (Wildman–Crippen MR) is 110 cm³/mol. The van der Waals surface area contributed by atoms with E-state index in [-0.39, 0.29) is 41.0 Å². The number of hydrogen-bond acceptors (Lipinski definition) is 6. The third kappa shape index (κ3) is 2.99. The second kappa shape index (κ2) is 7.24. The second-order valence-corrected chi connectivity index (χ2v) is 7.97. The van der Waals surface area contributed by atoms with Crippen molar-refractivity contribution in [2.24, 2.45) is 0 Å². The maximum absolute atomic E-state index is 12.8. The smallest absolute Gasteiger partial charge is 0.197 e. The number of rotatable bonds is 3. The molecule has 1 aromatic heterocycles. The average molecular weight is 446 g/mol. The highest BCUT2D eigenvalue weighted by atomic mass is 79.9. The normalized spacial score (nSPS) is 20.1. The summed E-state index contributed by atoms with van der Waals surface area (Å²) in [6.07, 6.45) is 0.693. The van der Waals surface area contributed by atoms with Gasteiger partial charge in [0, 0.05) is 39.7 Å². The van der Waals surface area contributed by atoms with Crippen molar-refractivity contribution < 1.29 is 19.7 Å². The van der Waals surface area contributed by atoms with Crippen LogP contribution in [0.4, 0.5) is 0 Å². The number of likely N-dealkylation sites (tertiary alicyclic amines) is 1. The van der Waals surface area contributed by atoms with Crippen molar-refractivity contribution in [2.45, 2.75) is 18.4 Å². The average Bonchev–Trinajstić information content (AvgIpc) is 3.01. The summed E-state index contributed by atoms with van der Waals surface area (Å²) in [5.41, 5.74) is 0.909. The molecule has 3 N–H and O–H groups in total. The maximum atomic E-state index is 12.8. The van der Waals surface area contributed by atoms with E-state index in [2.05, 4.69) is 15.9 Å². The summed E-state index contributed by atoms with van der Waals surface area (Å²) in [4.78, 5) is 14.8. The van der Waals surface area contributed by atoms with Gasteiger partial charge in [-0.05, 0) is 26.1 Å². The zero-order valence-electron chi connectivity index (χ0n) is 15.2. The Balaban J connectivity index is 2.03. The molecule has 28 heavy (non-hydrogen) atoms. The summed E-state index contributed by atoms with van der Waals surface area (Å²) < 4.78 is 6.85. The van der Waals surface area contributed by atoms with Crippen molar-refractivity contribution in [2.75, 3.05) is 20.2 Å². The molecule has 146 valence electrons. The molecule has 1 saturated heterocycles. The summed E-state index contributed by atoms with van der Waals surface area (Å²) >= 11 is 3.46. The molecule has 3 aromatic rings. The number of phenolic OH excluding ortho intramolecular Hbond substituents is 2. The largest absolute Gasteiger partial charge is 0.507 e. The molecule has 1 aliphatic heterocycles. The van der Waals surface area contributed by atoms with E-state index >= 15 is 0 Å². The zero-order chi connectivity index (χ0) is 20.0. The minimum atomic E-state index is -0.391. The number of nitrogens with zero attached hydrogens (tertiary/aromatic N) is 1. The number of aliphatic hydroxyl groups excluding tert-OH is 1. The van der Waals surface area contributed by atoms with Crippen molar-refractivity contribution in [3.05, 3.63) is 56.7 Å². The highest BCUT2D eigenvalue weighted by Gasteiger charge is 2.36. The van der Waals surface area contributed by atoms with Gasteiger partial charge >= 0.3 is 0 Å². The van der Waals surface area contributed by atoms with Gasteiger partial charge in [0.1, 0.15) is 28.2 Å². The minimum absolute atomic E-state index is 0.0369. The van der Waals surface area contributed by atoms with Gasteiger partial charge in [-0.1, -0.05) is 34.1 Å². The third-order valence-electron chi connectivity index (χ3n) is 5.52. The van der Waals surface area contributed by atoms with Crippen LogP contribution in [0.3, 0.4) is 0 Å². The standard InChI is InChI=1S/C21H20BrNO5/c1-23-7-6-12(14(23)10-24)19-15(25)8-16(26)20-17(27)9-18(28-21(19)20)11-4-2-3-5-13(11)22/h2-5,8-9,12,14,24-26H,6-7,10H2,1H3/t12-,14+/m1/s1. The topological polar surface area (TPSA) is 94.1 Å². The molecule has 2 aromatic carbocycles. The lowest BCUT2D eigenvalue weighted by atomic mass is 9.89. The van der Waals surface area contributed by atoms with Crippen molar-refractivity contribution >= 4 is 26.9 Å². The van der Waals surface area contributed by atoms with Crippen LogP contribution in [-0.2, 0) is 0 Å². The van der Waals surface area contributed by atoms with Gasteiger partial charge in [0.05, 0.1) is 6.61 Å². The fraction of sp³-hybridized carbons (Fsp3) is 0.286. The van der Waals surface area contributed by atoms with Crippen LogP contribution < -0.4 is 5.43 Å². The third-order valence-corrected chi connectivity index (χ3v) is 6.21. The van der Waals surface area contributed by atoms with E-state index in [9.17, 15) is 20.1 Å². The molecule has 7 heteroatoms. The molecule has 0 amide bonds. The first-order valence-corrected chi connectivity index (χ1v) is 9.80. The lowest BCUT2D eigenvalue weighted by Gasteiger charge is -2.24. The van der Waals surface area contributed by atoms with E-state index in [1.165, 1.54) is 12.1 Å². The van der Waals surface area contributed by atoms with E-state index in [1.54, 1.807) is 0 Å². The molecule has 0 bridgehead atoms. The molecule has 6 nitrogen and oxygen atoms in total. The molecule has 0 aliphatic carbocycles. The van der Waals surface area contributed by atoms with Crippen LogP contribution in [0.1, 0.15) is 17.9 Å². The summed E-state index contributed by atoms with van der Waals surface area (Å²) in [7, 11) is 1.91. The van der Waals surface area contributed by atoms with Crippen LogP contribution in [-0.4, -0.2) is 46.5 Å². The quantitative estimate of drug-likeness (QED) is 0.571. The SMILES string of the molecule is CN1CC[C@@H](c2c(O)cc(O)c3c(=O)cc(-c4ccccc4Br)oc23)[C@@H]1CO. The second-order valence-electron chi connectivity index (χ2n) is 7.11. The van der Waals surface area contributed by atoms with E-state index in [0.29, 0.717) is 23.3 Å². The summed E-state index contributed by atoms with van der Waals surface area (Å²) in [5, 5.41) is 30.8. The first-order chi connectivity index (χ1) is 13.4. The van der Waals surface area contributed by atoms with Gasteiger partial charge < -0.3 is 24.6 Å². The maximum Gasteiger partial charge on any atom is 0.197 e. The Hall–Kier alpha value is -2.35. The summed E-state index contributed by atoms with van der Waals surface area (Å²) in [6, 6.07) is 9.66. The summed E-state index contributed by atoms with van der Waals surface area (Å²) in [6.45, 7) is 0.656. The Morgan fingerprint density at radius 1 is 1.21 bits per heavy atom. The molecule has 1 fully saturated rings. The number of halogens is 1. The molecule has 0 radical (unpaired) electrons. The van der Waals surface area contributed by atoms with Crippen molar-refractivity contribution in [3.8, 4) is 22.8 Å². The Morgan fingerprint density at radius 2 is 1.96 bits per heavy atom. The minimum Gasteiger partial charge on any atom is -0.507 e. The van der Waals surface area contributed by atoms with E-state index < -0.39 is 5.43 Å². The van der Waals surface area contributed by atoms with E-state index in [4.69, 9.17) is 4.42 Å². The number of aliphatic hydroxyl groups is 1. The Kier molecular flexibility index (Phi) is 4.91. The lowest BCUT2D eigenvalue weighted by Crippen LogP contribution is -2.32. The molecule has 2 atom stereocenters. The molecule has 4 rings (SSSR count). The van der Waals surface area contributed by atoms with Crippen molar-refractivity contribution in [3.63, 3.8) is 0 Å². The Morgan fingerprint density at radius 3 is 2.68 bits per heavy atom. The van der Waals surface area contributed by atoms with Crippen LogP contribution >= 0.6 is 15.9 Å². The number of hydrogen-bond donors (Lipinski definition) is 3. The van der Waals surface area contributed by atoms with Gasteiger partial charge in [0.2, 0.25) is 0 Å². The number of likely N-dealkylation sites (N-methyl/N-ethyl adjacent to an activating group) is 1. The number of phenols is 2. The van der Waals surface area contributed by atoms with E-state index in [1.807, 2.05) is 36.2 Å². The summed E-state index contributed by atoms with van der Waals surface area (Å²) in [5.74, 6) is -0.356. The number of benzene rings is 2. The zero-order valence-corrected chi connectivity index (χ0v) is 16.8. The molecule has 0 spiro atoms. The first kappa shape index (κ1) is 19.0. The molecule has 0 saturated carbocycles. The fourth-order valence-corrected chi connectivity index (χ4v) is 4.57. The van der Waals surface area contributed by atoms with Crippen molar-refractivity contribution in [1.29, 1.82) is 0 Å².